The van der Waals surface area contributed by atoms with Crippen molar-refractivity contribution >= 4 is 5.97 Å². The predicted octanol–water partition coefficient (Wildman–Crippen LogP) is 3.62. The Morgan fingerprint density at radius 1 is 1.40 bits per heavy atom. The fourth-order valence-corrected chi connectivity index (χ4v) is 1.53. The average molecular weight is 210 g/mol. The Morgan fingerprint density at radius 3 is 2.47 bits per heavy atom. The SMILES string of the molecule is C=C=C(CCCCC)[C@@H](CC)OC(C)=O. The molecule has 0 aromatic rings. The number of unbranched alkanes of at least 4 members (excludes halogenated alkanes) is 2. The Hall–Kier alpha value is -1.01. The Labute approximate surface area is 93.0 Å². The zero-order valence-corrected chi connectivity index (χ0v) is 10.1. The number of esters is 1. The van der Waals surface area contributed by atoms with Crippen LogP contribution < -0.4 is 0 Å². The van der Waals surface area contributed by atoms with Crippen LogP contribution in [0.3, 0.4) is 0 Å². The zero-order chi connectivity index (χ0) is 11.7. The van der Waals surface area contributed by atoms with Gasteiger partial charge in [-0.15, -0.1) is 5.73 Å². The number of carbonyl (C=O) groups is 1. The molecule has 0 N–H and O–H groups in total. The van der Waals surface area contributed by atoms with Gasteiger partial charge in [-0.3, -0.25) is 4.79 Å². The van der Waals surface area contributed by atoms with E-state index in [9.17, 15) is 4.79 Å². The van der Waals surface area contributed by atoms with Crippen LogP contribution in [0.1, 0.15) is 52.9 Å². The molecule has 86 valence electrons. The molecule has 0 aromatic heterocycles. The van der Waals surface area contributed by atoms with Crippen molar-refractivity contribution in [2.24, 2.45) is 0 Å². The first-order valence-electron chi connectivity index (χ1n) is 5.71. The first-order valence-corrected chi connectivity index (χ1v) is 5.71. The largest absolute Gasteiger partial charge is 0.457 e. The fraction of sp³-hybridized carbons (Fsp3) is 0.692. The second-order valence-corrected chi connectivity index (χ2v) is 3.67. The topological polar surface area (TPSA) is 26.3 Å². The van der Waals surface area contributed by atoms with Gasteiger partial charge in [-0.1, -0.05) is 33.3 Å². The van der Waals surface area contributed by atoms with E-state index in [0.717, 1.165) is 24.8 Å². The molecule has 0 aliphatic carbocycles. The number of hydrogen-bond acceptors (Lipinski definition) is 2. The van der Waals surface area contributed by atoms with Crippen molar-refractivity contribution < 1.29 is 9.53 Å². The highest BCUT2D eigenvalue weighted by atomic mass is 16.5. The molecule has 15 heavy (non-hydrogen) atoms. The summed E-state index contributed by atoms with van der Waals surface area (Å²) in [4.78, 5) is 10.9. The van der Waals surface area contributed by atoms with Crippen molar-refractivity contribution in [1.29, 1.82) is 0 Å². The summed E-state index contributed by atoms with van der Waals surface area (Å²) in [5.41, 5.74) is 3.94. The van der Waals surface area contributed by atoms with Crippen molar-refractivity contribution in [3.05, 3.63) is 17.9 Å². The van der Waals surface area contributed by atoms with Gasteiger partial charge in [0.25, 0.3) is 0 Å². The van der Waals surface area contributed by atoms with E-state index in [0.29, 0.717) is 0 Å². The maximum atomic E-state index is 10.9. The minimum absolute atomic E-state index is 0.128. The zero-order valence-electron chi connectivity index (χ0n) is 10.1. The van der Waals surface area contributed by atoms with Gasteiger partial charge < -0.3 is 4.74 Å². The molecule has 0 rings (SSSR count). The summed E-state index contributed by atoms with van der Waals surface area (Å²) in [6, 6.07) is 0. The minimum atomic E-state index is -0.231. The molecule has 2 heteroatoms. The van der Waals surface area contributed by atoms with Crippen LogP contribution in [0.5, 0.6) is 0 Å². The average Bonchev–Trinajstić information content (AvgIpc) is 2.21. The highest BCUT2D eigenvalue weighted by Crippen LogP contribution is 2.17. The number of ether oxygens (including phenoxy) is 1. The molecule has 0 unspecified atom stereocenters. The molecular formula is C13H22O2. The van der Waals surface area contributed by atoms with E-state index in [-0.39, 0.29) is 12.1 Å². The summed E-state index contributed by atoms with van der Waals surface area (Å²) in [6.07, 6.45) is 5.10. The van der Waals surface area contributed by atoms with Crippen LogP contribution in [-0.2, 0) is 9.53 Å². The molecule has 0 saturated carbocycles. The molecule has 0 spiro atoms. The van der Waals surface area contributed by atoms with E-state index in [2.05, 4.69) is 19.2 Å². The van der Waals surface area contributed by atoms with Gasteiger partial charge in [-0.05, 0) is 19.3 Å². The summed E-state index contributed by atoms with van der Waals surface area (Å²) in [5, 5.41) is 0. The second-order valence-electron chi connectivity index (χ2n) is 3.67. The van der Waals surface area contributed by atoms with Crippen molar-refractivity contribution in [2.45, 2.75) is 59.0 Å². The van der Waals surface area contributed by atoms with E-state index < -0.39 is 0 Å². The molecule has 0 radical (unpaired) electrons. The lowest BCUT2D eigenvalue weighted by atomic mass is 10.0. The maximum Gasteiger partial charge on any atom is 0.303 e. The first kappa shape index (κ1) is 14.0. The number of rotatable bonds is 7. The summed E-state index contributed by atoms with van der Waals surface area (Å²) in [5.74, 6) is -0.231. The normalized spacial score (nSPS) is 11.7. The van der Waals surface area contributed by atoms with Gasteiger partial charge in [-0.2, -0.15) is 0 Å². The number of carbonyl (C=O) groups excluding carboxylic acids is 1. The highest BCUT2D eigenvalue weighted by Gasteiger charge is 2.14. The van der Waals surface area contributed by atoms with Crippen LogP contribution in [-0.4, -0.2) is 12.1 Å². The lowest BCUT2D eigenvalue weighted by Crippen LogP contribution is -2.17. The molecule has 0 fully saturated rings. The third-order valence-corrected chi connectivity index (χ3v) is 2.34. The first-order chi connectivity index (χ1) is 7.15. The summed E-state index contributed by atoms with van der Waals surface area (Å²) >= 11 is 0. The highest BCUT2D eigenvalue weighted by molar-refractivity contribution is 5.66. The van der Waals surface area contributed by atoms with Gasteiger partial charge in [0.2, 0.25) is 0 Å². The summed E-state index contributed by atoms with van der Waals surface area (Å²) in [6.45, 7) is 9.27. The van der Waals surface area contributed by atoms with E-state index in [1.54, 1.807) is 0 Å². The van der Waals surface area contributed by atoms with Gasteiger partial charge in [0.15, 0.2) is 0 Å². The van der Waals surface area contributed by atoms with E-state index >= 15 is 0 Å². The Balaban J connectivity index is 4.23. The molecule has 1 atom stereocenters. The molecule has 0 heterocycles. The Kier molecular flexibility index (Phi) is 7.75. The molecule has 0 aliphatic rings. The summed E-state index contributed by atoms with van der Waals surface area (Å²) < 4.78 is 5.20. The second kappa shape index (κ2) is 8.31. The van der Waals surface area contributed by atoms with Gasteiger partial charge in [0.1, 0.15) is 6.10 Å². The van der Waals surface area contributed by atoms with Crippen LogP contribution in [0, 0.1) is 0 Å². The maximum absolute atomic E-state index is 10.9. The molecule has 2 nitrogen and oxygen atoms in total. The van der Waals surface area contributed by atoms with Crippen LogP contribution in [0.2, 0.25) is 0 Å². The Morgan fingerprint density at radius 2 is 2.07 bits per heavy atom. The molecule has 0 aliphatic heterocycles. The van der Waals surface area contributed by atoms with Gasteiger partial charge in [-0.25, -0.2) is 0 Å². The Bertz CT molecular complexity index is 237. The van der Waals surface area contributed by atoms with E-state index in [1.165, 1.54) is 19.8 Å². The van der Waals surface area contributed by atoms with Crippen LogP contribution >= 0.6 is 0 Å². The molecule has 0 amide bonds. The van der Waals surface area contributed by atoms with E-state index in [4.69, 9.17) is 4.74 Å². The molecular weight excluding hydrogens is 188 g/mol. The third kappa shape index (κ3) is 6.14. The quantitative estimate of drug-likeness (QED) is 0.364. The van der Waals surface area contributed by atoms with E-state index in [1.807, 2.05) is 6.92 Å². The van der Waals surface area contributed by atoms with Crippen molar-refractivity contribution in [1.82, 2.24) is 0 Å². The molecule has 0 bridgehead atoms. The standard InChI is InChI=1S/C13H22O2/c1-5-8-9-10-12(6-2)13(7-3)15-11(4)14/h13H,2,5,7-10H2,1,3-4H3/t13-/m1/s1. The fourth-order valence-electron chi connectivity index (χ4n) is 1.53. The van der Waals surface area contributed by atoms with Crippen molar-refractivity contribution in [3.63, 3.8) is 0 Å². The number of hydrogen-bond donors (Lipinski definition) is 0. The van der Waals surface area contributed by atoms with Gasteiger partial charge in [0, 0.05) is 12.5 Å². The third-order valence-electron chi connectivity index (χ3n) is 2.34. The lowest BCUT2D eigenvalue weighted by Gasteiger charge is -2.17. The monoisotopic (exact) mass is 210 g/mol. The van der Waals surface area contributed by atoms with Crippen LogP contribution in [0.4, 0.5) is 0 Å². The van der Waals surface area contributed by atoms with Crippen LogP contribution in [0.15, 0.2) is 17.9 Å². The predicted molar refractivity (Wildman–Crippen MR) is 62.6 cm³/mol. The van der Waals surface area contributed by atoms with Gasteiger partial charge in [0.05, 0.1) is 0 Å². The van der Waals surface area contributed by atoms with Gasteiger partial charge >= 0.3 is 5.97 Å². The summed E-state index contributed by atoms with van der Waals surface area (Å²) in [7, 11) is 0. The van der Waals surface area contributed by atoms with Crippen molar-refractivity contribution in [2.75, 3.05) is 0 Å². The lowest BCUT2D eigenvalue weighted by molar-refractivity contribution is -0.144. The smallest absolute Gasteiger partial charge is 0.303 e. The van der Waals surface area contributed by atoms with Crippen molar-refractivity contribution in [3.8, 4) is 0 Å². The van der Waals surface area contributed by atoms with Crippen LogP contribution in [0.25, 0.3) is 0 Å². The molecule has 0 aromatic carbocycles. The minimum Gasteiger partial charge on any atom is -0.457 e. The molecule has 0 saturated heterocycles.